The highest BCUT2D eigenvalue weighted by Gasteiger charge is 2.29. The van der Waals surface area contributed by atoms with Crippen LogP contribution in [0.25, 0.3) is 11.3 Å². The molecule has 1 aliphatic rings. The zero-order chi connectivity index (χ0) is 26.0. The van der Waals surface area contributed by atoms with Crippen molar-refractivity contribution in [3.63, 3.8) is 0 Å². The fraction of sp³-hybridized carbons (Fsp3) is 0.292. The molecule has 1 fully saturated rings. The molecule has 2 heterocycles. The zero-order valence-corrected chi connectivity index (χ0v) is 19.3. The second-order valence-electron chi connectivity index (χ2n) is 8.19. The lowest BCUT2D eigenvalue weighted by atomic mass is 10.0. The average Bonchev–Trinajstić information content (AvgIpc) is 3.22. The van der Waals surface area contributed by atoms with Crippen molar-refractivity contribution < 1.29 is 32.2 Å². The number of nitrogens with two attached hydrogens (primary N) is 2. The van der Waals surface area contributed by atoms with Crippen LogP contribution in [0.15, 0.2) is 30.3 Å². The number of hydrogen-bond acceptors (Lipinski definition) is 6. The first-order valence-electron chi connectivity index (χ1n) is 11.1. The predicted octanol–water partition coefficient (Wildman–Crippen LogP) is 2.94. The van der Waals surface area contributed by atoms with Crippen molar-refractivity contribution in [1.82, 2.24) is 15.1 Å². The Bertz CT molecular complexity index is 1320. The van der Waals surface area contributed by atoms with Crippen LogP contribution < -0.4 is 21.5 Å². The number of rotatable bonds is 7. The van der Waals surface area contributed by atoms with E-state index in [9.17, 15) is 18.4 Å². The molecule has 2 aromatic carbocycles. The molecule has 1 aliphatic heterocycles. The molecule has 5 N–H and O–H groups in total. The molecule has 2 amide bonds. The Kier molecular flexibility index (Phi) is 7.15. The van der Waals surface area contributed by atoms with Gasteiger partial charge in [0.15, 0.2) is 11.6 Å². The second-order valence-corrected chi connectivity index (χ2v) is 8.19. The molecule has 36 heavy (non-hydrogen) atoms. The number of carbonyl (C=O) groups excluding carboxylic acids is 2. The smallest absolute Gasteiger partial charge is 0.255 e. The van der Waals surface area contributed by atoms with Gasteiger partial charge in [-0.3, -0.25) is 9.59 Å². The first-order valence-corrected chi connectivity index (χ1v) is 11.1. The van der Waals surface area contributed by atoms with Crippen LogP contribution in [-0.2, 0) is 11.3 Å². The normalized spacial score (nSPS) is 14.0. The van der Waals surface area contributed by atoms with Crippen LogP contribution in [-0.4, -0.2) is 41.9 Å². The molecular weight excluding hydrogens is 479 g/mol. The Hall–Kier alpha value is -4.06. The molecule has 0 spiro atoms. The number of hydrogen-bond donors (Lipinski definition) is 3. The topological polar surface area (TPSA) is 134 Å². The molecule has 0 atom stereocenters. The van der Waals surface area contributed by atoms with Crippen LogP contribution in [0, 0.1) is 17.5 Å². The standard InChI is InChI=1S/C24H24F3N5O4/c1-35-17-5-3-13(25)10-16(17)24(34)30-11-12-2-4-15(20(27)19(12)26)21-18(23(29)33)22(28)32(31-21)14-6-8-36-9-7-14/h2-5,10,14H,6-9,11,28H2,1H3,(H2,29,33)(H,30,34). The average molecular weight is 503 g/mol. The third-order valence-electron chi connectivity index (χ3n) is 5.99. The maximum Gasteiger partial charge on any atom is 0.255 e. The summed E-state index contributed by atoms with van der Waals surface area (Å²) >= 11 is 0. The van der Waals surface area contributed by atoms with E-state index >= 15 is 4.39 Å². The summed E-state index contributed by atoms with van der Waals surface area (Å²) in [6, 6.07) is 5.66. The first kappa shape index (κ1) is 25.0. The second kappa shape index (κ2) is 10.3. The number of nitrogen functional groups attached to an aromatic ring is 1. The van der Waals surface area contributed by atoms with E-state index in [4.69, 9.17) is 20.9 Å². The third kappa shape index (κ3) is 4.71. The van der Waals surface area contributed by atoms with Crippen molar-refractivity contribution in [2.45, 2.75) is 25.4 Å². The summed E-state index contributed by atoms with van der Waals surface area (Å²) in [5.41, 5.74) is 10.6. The number of benzene rings is 2. The number of carbonyl (C=O) groups is 2. The molecule has 0 radical (unpaired) electrons. The molecule has 9 nitrogen and oxygen atoms in total. The summed E-state index contributed by atoms with van der Waals surface area (Å²) in [7, 11) is 1.31. The number of methoxy groups -OCH3 is 1. The van der Waals surface area contributed by atoms with E-state index in [0.29, 0.717) is 26.1 Å². The molecule has 3 aromatic rings. The maximum absolute atomic E-state index is 15.2. The van der Waals surface area contributed by atoms with Gasteiger partial charge in [-0.15, -0.1) is 0 Å². The number of halogens is 3. The van der Waals surface area contributed by atoms with Gasteiger partial charge in [-0.1, -0.05) is 6.07 Å². The molecule has 12 heteroatoms. The van der Waals surface area contributed by atoms with Crippen LogP contribution >= 0.6 is 0 Å². The van der Waals surface area contributed by atoms with Crippen LogP contribution in [0.5, 0.6) is 5.75 Å². The van der Waals surface area contributed by atoms with Gasteiger partial charge >= 0.3 is 0 Å². The van der Waals surface area contributed by atoms with Crippen LogP contribution in [0.2, 0.25) is 0 Å². The number of primary amides is 1. The first-order chi connectivity index (χ1) is 17.2. The highest BCUT2D eigenvalue weighted by atomic mass is 19.2. The Balaban J connectivity index is 1.62. The van der Waals surface area contributed by atoms with E-state index in [2.05, 4.69) is 10.4 Å². The van der Waals surface area contributed by atoms with Gasteiger partial charge in [0.1, 0.15) is 28.6 Å². The van der Waals surface area contributed by atoms with E-state index in [1.54, 1.807) is 0 Å². The van der Waals surface area contributed by atoms with E-state index in [1.165, 1.54) is 30.0 Å². The highest BCUT2D eigenvalue weighted by molar-refractivity contribution is 6.03. The summed E-state index contributed by atoms with van der Waals surface area (Å²) in [4.78, 5) is 24.6. The number of nitrogens with zero attached hydrogens (tertiary/aromatic N) is 2. The fourth-order valence-corrected chi connectivity index (χ4v) is 4.12. The lowest BCUT2D eigenvalue weighted by molar-refractivity contribution is 0.0669. The molecular formula is C24H24F3N5O4. The Morgan fingerprint density at radius 1 is 1.17 bits per heavy atom. The van der Waals surface area contributed by atoms with Crippen LogP contribution in [0.3, 0.4) is 0 Å². The Morgan fingerprint density at radius 2 is 1.89 bits per heavy atom. The Morgan fingerprint density at radius 3 is 2.56 bits per heavy atom. The lowest BCUT2D eigenvalue weighted by Crippen LogP contribution is -2.24. The minimum Gasteiger partial charge on any atom is -0.496 e. The SMILES string of the molecule is COc1ccc(F)cc1C(=O)NCc1ccc(-c2nn(C3CCOCC3)c(N)c2C(N)=O)c(F)c1F. The lowest BCUT2D eigenvalue weighted by Gasteiger charge is -2.23. The van der Waals surface area contributed by atoms with Crippen LogP contribution in [0.1, 0.15) is 45.2 Å². The van der Waals surface area contributed by atoms with Crippen molar-refractivity contribution >= 4 is 17.6 Å². The van der Waals surface area contributed by atoms with Gasteiger partial charge in [0, 0.05) is 30.9 Å². The molecule has 0 saturated carbocycles. The van der Waals surface area contributed by atoms with Crippen LogP contribution in [0.4, 0.5) is 19.0 Å². The summed E-state index contributed by atoms with van der Waals surface area (Å²) in [6.45, 7) is 0.537. The summed E-state index contributed by atoms with van der Waals surface area (Å²) < 4.78 is 55.5. The molecule has 0 unspecified atom stereocenters. The van der Waals surface area contributed by atoms with Crippen molar-refractivity contribution in [3.8, 4) is 17.0 Å². The molecule has 190 valence electrons. The van der Waals surface area contributed by atoms with Gasteiger partial charge in [-0.25, -0.2) is 17.9 Å². The van der Waals surface area contributed by atoms with Crippen molar-refractivity contribution in [1.29, 1.82) is 0 Å². The van der Waals surface area contributed by atoms with Gasteiger partial charge in [-0.05, 0) is 37.1 Å². The quantitative estimate of drug-likeness (QED) is 0.454. The number of anilines is 1. The van der Waals surface area contributed by atoms with Crippen molar-refractivity contribution in [3.05, 3.63) is 64.5 Å². The highest BCUT2D eigenvalue weighted by Crippen LogP contribution is 2.34. The number of nitrogens with one attached hydrogen (secondary N) is 1. The molecule has 0 bridgehead atoms. The van der Waals surface area contributed by atoms with E-state index in [0.717, 1.165) is 12.1 Å². The molecule has 1 saturated heterocycles. The zero-order valence-electron chi connectivity index (χ0n) is 19.3. The van der Waals surface area contributed by atoms with Gasteiger partial charge < -0.3 is 26.3 Å². The third-order valence-corrected chi connectivity index (χ3v) is 5.99. The van der Waals surface area contributed by atoms with Gasteiger partial charge in [0.2, 0.25) is 0 Å². The number of ether oxygens (including phenoxy) is 2. The fourth-order valence-electron chi connectivity index (χ4n) is 4.12. The van der Waals surface area contributed by atoms with E-state index < -0.39 is 35.8 Å². The minimum atomic E-state index is -1.29. The van der Waals surface area contributed by atoms with Gasteiger partial charge in [0.25, 0.3) is 11.8 Å². The monoisotopic (exact) mass is 503 g/mol. The summed E-state index contributed by atoms with van der Waals surface area (Å²) in [6.07, 6.45) is 1.16. The van der Waals surface area contributed by atoms with E-state index in [1.807, 2.05) is 0 Å². The maximum atomic E-state index is 15.2. The van der Waals surface area contributed by atoms with Gasteiger partial charge in [0.05, 0.1) is 18.7 Å². The minimum absolute atomic E-state index is 0.0374. The molecule has 1 aromatic heterocycles. The largest absolute Gasteiger partial charge is 0.496 e. The Labute approximate surface area is 204 Å². The molecule has 0 aliphatic carbocycles. The van der Waals surface area contributed by atoms with E-state index in [-0.39, 0.29) is 45.6 Å². The summed E-state index contributed by atoms with van der Waals surface area (Å²) in [5.74, 6) is -4.79. The van der Waals surface area contributed by atoms with Crippen molar-refractivity contribution in [2.24, 2.45) is 5.73 Å². The number of aromatic nitrogens is 2. The summed E-state index contributed by atoms with van der Waals surface area (Å²) in [5, 5.41) is 6.72. The van der Waals surface area contributed by atoms with Gasteiger partial charge in [-0.2, -0.15) is 5.10 Å². The number of amides is 2. The molecule has 4 rings (SSSR count). The van der Waals surface area contributed by atoms with Crippen molar-refractivity contribution in [2.75, 3.05) is 26.1 Å². The predicted molar refractivity (Wildman–Crippen MR) is 124 cm³/mol.